The van der Waals surface area contributed by atoms with E-state index in [-0.39, 0.29) is 24.1 Å². The summed E-state index contributed by atoms with van der Waals surface area (Å²) in [5, 5.41) is 0. The van der Waals surface area contributed by atoms with E-state index in [4.69, 9.17) is 10.5 Å². The minimum atomic E-state index is -0.241. The van der Waals surface area contributed by atoms with Gasteiger partial charge in [0.2, 0.25) is 0 Å². The van der Waals surface area contributed by atoms with E-state index < -0.39 is 0 Å². The average Bonchev–Trinajstić information content (AvgIpc) is 2.35. The molecule has 0 aromatic heterocycles. The van der Waals surface area contributed by atoms with Crippen LogP contribution in [0, 0.1) is 5.82 Å². The minimum Gasteiger partial charge on any atom is -0.373 e. The lowest BCUT2D eigenvalue weighted by Crippen LogP contribution is -2.46. The molecule has 1 aromatic rings. The second-order valence-corrected chi connectivity index (χ2v) is 5.43. The van der Waals surface area contributed by atoms with Gasteiger partial charge in [-0.15, -0.1) is 0 Å². The van der Waals surface area contributed by atoms with E-state index in [0.717, 1.165) is 26.1 Å². The summed E-state index contributed by atoms with van der Waals surface area (Å²) in [4.78, 5) is 2.35. The Morgan fingerprint density at radius 1 is 1.32 bits per heavy atom. The number of ether oxygens (including phenoxy) is 1. The standard InChI is InChI=1S/C15H23FN2O/c1-11-9-18(10-12(2)19-11)8-7-15(17)13-5-3-4-6-14(13)16/h3-6,11-12,15H,7-10,17H2,1-2H3/t11-,12+,15?. The van der Waals surface area contributed by atoms with Crippen molar-refractivity contribution in [2.24, 2.45) is 5.73 Å². The van der Waals surface area contributed by atoms with Gasteiger partial charge in [-0.2, -0.15) is 0 Å². The maximum absolute atomic E-state index is 13.6. The van der Waals surface area contributed by atoms with Crippen LogP contribution in [0.15, 0.2) is 24.3 Å². The van der Waals surface area contributed by atoms with Crippen LogP contribution < -0.4 is 5.73 Å². The van der Waals surface area contributed by atoms with Crippen molar-refractivity contribution in [2.75, 3.05) is 19.6 Å². The molecule has 1 heterocycles. The third kappa shape index (κ3) is 4.00. The van der Waals surface area contributed by atoms with E-state index in [1.165, 1.54) is 6.07 Å². The minimum absolute atomic E-state index is 0.210. The van der Waals surface area contributed by atoms with Gasteiger partial charge < -0.3 is 10.5 Å². The molecule has 0 bridgehead atoms. The summed E-state index contributed by atoms with van der Waals surface area (Å²) in [6.07, 6.45) is 1.28. The molecular formula is C15H23FN2O. The largest absolute Gasteiger partial charge is 0.373 e. The zero-order valence-electron chi connectivity index (χ0n) is 11.7. The highest BCUT2D eigenvalue weighted by atomic mass is 19.1. The van der Waals surface area contributed by atoms with Crippen LogP contribution in [0.3, 0.4) is 0 Å². The van der Waals surface area contributed by atoms with Crippen molar-refractivity contribution in [2.45, 2.75) is 38.5 Å². The molecule has 0 saturated carbocycles. The van der Waals surface area contributed by atoms with Crippen molar-refractivity contribution in [3.63, 3.8) is 0 Å². The Kier molecular flexibility index (Phi) is 4.91. The van der Waals surface area contributed by atoms with E-state index in [1.807, 2.05) is 6.07 Å². The van der Waals surface area contributed by atoms with Crippen LogP contribution in [-0.2, 0) is 4.74 Å². The lowest BCUT2D eigenvalue weighted by molar-refractivity contribution is -0.0684. The average molecular weight is 266 g/mol. The first-order valence-corrected chi connectivity index (χ1v) is 6.94. The first-order chi connectivity index (χ1) is 9.06. The van der Waals surface area contributed by atoms with E-state index in [0.29, 0.717) is 5.56 Å². The predicted molar refractivity (Wildman–Crippen MR) is 74.4 cm³/mol. The molecule has 1 aliphatic heterocycles. The first kappa shape index (κ1) is 14.4. The van der Waals surface area contributed by atoms with Gasteiger partial charge >= 0.3 is 0 Å². The van der Waals surface area contributed by atoms with Crippen molar-refractivity contribution in [3.8, 4) is 0 Å². The molecule has 0 spiro atoms. The van der Waals surface area contributed by atoms with E-state index in [9.17, 15) is 4.39 Å². The van der Waals surface area contributed by atoms with Gasteiger partial charge in [-0.05, 0) is 26.3 Å². The summed E-state index contributed by atoms with van der Waals surface area (Å²) >= 11 is 0. The zero-order chi connectivity index (χ0) is 13.8. The number of halogens is 1. The van der Waals surface area contributed by atoms with Gasteiger partial charge in [0.25, 0.3) is 0 Å². The molecule has 1 saturated heterocycles. The summed E-state index contributed by atoms with van der Waals surface area (Å²) in [5.74, 6) is -0.210. The van der Waals surface area contributed by atoms with E-state index in [1.54, 1.807) is 12.1 Å². The van der Waals surface area contributed by atoms with Crippen molar-refractivity contribution in [1.82, 2.24) is 4.90 Å². The summed E-state index contributed by atoms with van der Waals surface area (Å²) in [5.41, 5.74) is 6.69. The SMILES string of the molecule is C[C@@H]1CN(CCC(N)c2ccccc2F)C[C@H](C)O1. The van der Waals surface area contributed by atoms with Crippen molar-refractivity contribution in [3.05, 3.63) is 35.6 Å². The van der Waals surface area contributed by atoms with Gasteiger partial charge in [0.1, 0.15) is 5.82 Å². The fourth-order valence-corrected chi connectivity index (χ4v) is 2.72. The maximum atomic E-state index is 13.6. The molecular weight excluding hydrogens is 243 g/mol. The smallest absolute Gasteiger partial charge is 0.127 e. The first-order valence-electron chi connectivity index (χ1n) is 6.94. The zero-order valence-corrected chi connectivity index (χ0v) is 11.7. The Morgan fingerprint density at radius 3 is 2.58 bits per heavy atom. The third-order valence-corrected chi connectivity index (χ3v) is 3.56. The van der Waals surface area contributed by atoms with Crippen molar-refractivity contribution in [1.29, 1.82) is 0 Å². The molecule has 106 valence electrons. The normalized spacial score (nSPS) is 26.3. The molecule has 1 aliphatic rings. The van der Waals surface area contributed by atoms with Gasteiger partial charge in [-0.3, -0.25) is 4.90 Å². The van der Waals surface area contributed by atoms with Crippen LogP contribution in [0.25, 0.3) is 0 Å². The fraction of sp³-hybridized carbons (Fsp3) is 0.600. The molecule has 3 atom stereocenters. The molecule has 0 aliphatic carbocycles. The van der Waals surface area contributed by atoms with Crippen LogP contribution in [0.5, 0.6) is 0 Å². The summed E-state index contributed by atoms with van der Waals surface area (Å²) in [6.45, 7) is 6.90. The molecule has 1 unspecified atom stereocenters. The van der Waals surface area contributed by atoms with Gasteiger partial charge in [-0.1, -0.05) is 18.2 Å². The highest BCUT2D eigenvalue weighted by Gasteiger charge is 2.22. The van der Waals surface area contributed by atoms with Crippen LogP contribution in [0.1, 0.15) is 31.9 Å². The van der Waals surface area contributed by atoms with Gasteiger partial charge in [-0.25, -0.2) is 4.39 Å². The molecule has 1 fully saturated rings. The van der Waals surface area contributed by atoms with E-state index >= 15 is 0 Å². The second-order valence-electron chi connectivity index (χ2n) is 5.43. The second kappa shape index (κ2) is 6.46. The molecule has 3 nitrogen and oxygen atoms in total. The van der Waals surface area contributed by atoms with Crippen LogP contribution in [-0.4, -0.2) is 36.7 Å². The number of hydrogen-bond donors (Lipinski definition) is 1. The van der Waals surface area contributed by atoms with Crippen LogP contribution >= 0.6 is 0 Å². The molecule has 0 amide bonds. The van der Waals surface area contributed by atoms with Crippen molar-refractivity contribution >= 4 is 0 Å². The highest BCUT2D eigenvalue weighted by Crippen LogP contribution is 2.19. The quantitative estimate of drug-likeness (QED) is 0.909. The molecule has 0 radical (unpaired) electrons. The van der Waals surface area contributed by atoms with E-state index in [2.05, 4.69) is 18.7 Å². The Labute approximate surface area is 114 Å². The lowest BCUT2D eigenvalue weighted by Gasteiger charge is -2.35. The molecule has 1 aromatic carbocycles. The Hall–Kier alpha value is -0.970. The topological polar surface area (TPSA) is 38.5 Å². The number of benzene rings is 1. The summed E-state index contributed by atoms with van der Waals surface area (Å²) in [7, 11) is 0. The fourth-order valence-electron chi connectivity index (χ4n) is 2.72. The predicted octanol–water partition coefficient (Wildman–Crippen LogP) is 2.32. The van der Waals surface area contributed by atoms with Gasteiger partial charge in [0.15, 0.2) is 0 Å². The monoisotopic (exact) mass is 266 g/mol. The summed E-state index contributed by atoms with van der Waals surface area (Å²) < 4.78 is 19.3. The van der Waals surface area contributed by atoms with Crippen molar-refractivity contribution < 1.29 is 9.13 Å². The Bertz CT molecular complexity index is 403. The van der Waals surface area contributed by atoms with Gasteiger partial charge in [0.05, 0.1) is 12.2 Å². The van der Waals surface area contributed by atoms with Gasteiger partial charge in [0, 0.05) is 31.2 Å². The molecule has 2 N–H and O–H groups in total. The van der Waals surface area contributed by atoms with Crippen LogP contribution in [0.2, 0.25) is 0 Å². The van der Waals surface area contributed by atoms with Crippen LogP contribution in [0.4, 0.5) is 4.39 Å². The number of nitrogens with two attached hydrogens (primary N) is 1. The molecule has 4 heteroatoms. The molecule has 2 rings (SSSR count). The Morgan fingerprint density at radius 2 is 1.95 bits per heavy atom. The number of nitrogens with zero attached hydrogens (tertiary/aromatic N) is 1. The summed E-state index contributed by atoms with van der Waals surface area (Å²) in [6, 6.07) is 6.52. The Balaban J connectivity index is 1.87. The third-order valence-electron chi connectivity index (χ3n) is 3.56. The lowest BCUT2D eigenvalue weighted by atomic mass is 10.0. The molecule has 19 heavy (non-hydrogen) atoms. The number of hydrogen-bond acceptors (Lipinski definition) is 3. The highest BCUT2D eigenvalue weighted by molar-refractivity contribution is 5.20. The number of rotatable bonds is 4. The maximum Gasteiger partial charge on any atom is 0.127 e. The number of morpholine rings is 1.